The number of allylic oxidation sites excluding steroid dienone is 2. The molecule has 1 N–H and O–H groups in total. The molecule has 1 nitrogen and oxygen atoms in total. The van der Waals surface area contributed by atoms with Gasteiger partial charge in [-0.1, -0.05) is 85.8 Å². The number of aliphatic hydroxyl groups is 1. The summed E-state index contributed by atoms with van der Waals surface area (Å²) in [6.07, 6.45) is 19.5. The predicted molar refractivity (Wildman–Crippen MR) is 119 cm³/mol. The summed E-state index contributed by atoms with van der Waals surface area (Å²) in [5.74, 6) is 0.726. The molecule has 0 aliphatic heterocycles. The van der Waals surface area contributed by atoms with E-state index in [1.807, 2.05) is 20.8 Å². The third kappa shape index (κ3) is 24.0. The molecule has 0 heterocycles. The number of rotatable bonds is 10. The minimum Gasteiger partial charge on any atom is -0.393 e. The lowest BCUT2D eigenvalue weighted by atomic mass is 10.1. The van der Waals surface area contributed by atoms with Crippen molar-refractivity contribution < 1.29 is 5.11 Å². The summed E-state index contributed by atoms with van der Waals surface area (Å²) in [4.78, 5) is 0. The number of hydrogen-bond donors (Lipinski definition) is 1. The molecule has 25 heavy (non-hydrogen) atoms. The Kier molecular flexibility index (Phi) is 28.5. The fraction of sp³-hybridized carbons (Fsp3) is 0.913. The van der Waals surface area contributed by atoms with Gasteiger partial charge < -0.3 is 5.11 Å². The van der Waals surface area contributed by atoms with Crippen LogP contribution in [0.3, 0.4) is 0 Å². The molecule has 3 unspecified atom stereocenters. The Labute approximate surface area is 165 Å². The highest BCUT2D eigenvalue weighted by molar-refractivity contribution is 6.20. The molecule has 1 fully saturated rings. The predicted octanol–water partition coefficient (Wildman–Crippen LogP) is 8.53. The highest BCUT2D eigenvalue weighted by atomic mass is 35.5. The van der Waals surface area contributed by atoms with Gasteiger partial charge in [0, 0.05) is 5.38 Å². The topological polar surface area (TPSA) is 20.2 Å². The van der Waals surface area contributed by atoms with Gasteiger partial charge in [0.1, 0.15) is 0 Å². The third-order valence-corrected chi connectivity index (χ3v) is 4.66. The monoisotopic (exact) mass is 376 g/mol. The van der Waals surface area contributed by atoms with E-state index in [9.17, 15) is 0 Å². The summed E-state index contributed by atoms with van der Waals surface area (Å²) in [5, 5.41) is 9.49. The first-order valence-electron chi connectivity index (χ1n) is 10.6. The molecule has 2 heteroatoms. The summed E-state index contributed by atoms with van der Waals surface area (Å²) in [5.41, 5.74) is 0. The molecule has 0 aromatic rings. The second-order valence-electron chi connectivity index (χ2n) is 6.79. The van der Waals surface area contributed by atoms with Crippen LogP contribution in [0.1, 0.15) is 119 Å². The van der Waals surface area contributed by atoms with E-state index >= 15 is 0 Å². The van der Waals surface area contributed by atoms with Crippen molar-refractivity contribution in [2.24, 2.45) is 5.92 Å². The van der Waals surface area contributed by atoms with E-state index in [0.717, 1.165) is 31.6 Å². The maximum Gasteiger partial charge on any atom is 0.0512 e. The van der Waals surface area contributed by atoms with Crippen molar-refractivity contribution in [1.29, 1.82) is 0 Å². The Morgan fingerprint density at radius 3 is 2.04 bits per heavy atom. The average Bonchev–Trinajstić information content (AvgIpc) is 2.99. The lowest BCUT2D eigenvalue weighted by Gasteiger charge is -2.03. The molecule has 0 bridgehead atoms. The van der Waals surface area contributed by atoms with Crippen molar-refractivity contribution in [2.75, 3.05) is 0 Å². The largest absolute Gasteiger partial charge is 0.393 e. The SMILES string of the molecule is C.CC.CC(O)CCCC/C=C/C1CCC(Cl)C1.CCCCCCC. The van der Waals surface area contributed by atoms with Crippen molar-refractivity contribution in [2.45, 2.75) is 131 Å². The van der Waals surface area contributed by atoms with E-state index in [2.05, 4.69) is 26.0 Å². The summed E-state index contributed by atoms with van der Waals surface area (Å²) in [6.45, 7) is 10.3. The molecule has 3 atom stereocenters. The van der Waals surface area contributed by atoms with E-state index < -0.39 is 0 Å². The van der Waals surface area contributed by atoms with E-state index in [1.165, 1.54) is 51.4 Å². The van der Waals surface area contributed by atoms with Gasteiger partial charge in [-0.2, -0.15) is 0 Å². The first-order chi connectivity index (χ1) is 11.6. The second-order valence-corrected chi connectivity index (χ2v) is 7.41. The van der Waals surface area contributed by atoms with Gasteiger partial charge in [0.05, 0.1) is 6.10 Å². The van der Waals surface area contributed by atoms with Crippen molar-refractivity contribution in [3.8, 4) is 0 Å². The van der Waals surface area contributed by atoms with Gasteiger partial charge in [0.2, 0.25) is 0 Å². The highest BCUT2D eigenvalue weighted by Gasteiger charge is 2.19. The van der Waals surface area contributed by atoms with E-state index in [0.29, 0.717) is 5.38 Å². The van der Waals surface area contributed by atoms with Crippen LogP contribution in [0, 0.1) is 5.92 Å². The molecule has 0 aromatic heterocycles. The summed E-state index contributed by atoms with van der Waals surface area (Å²) in [7, 11) is 0. The third-order valence-electron chi connectivity index (χ3n) is 4.27. The van der Waals surface area contributed by atoms with Gasteiger partial charge in [-0.05, 0) is 51.4 Å². The Balaban J connectivity index is -0.000000413. The molecule has 0 amide bonds. The van der Waals surface area contributed by atoms with Crippen LogP contribution in [0.25, 0.3) is 0 Å². The van der Waals surface area contributed by atoms with E-state index in [1.54, 1.807) is 0 Å². The molecule has 0 saturated heterocycles. The van der Waals surface area contributed by atoms with Crippen LogP contribution in [-0.2, 0) is 0 Å². The zero-order valence-corrected chi connectivity index (χ0v) is 18.0. The summed E-state index contributed by atoms with van der Waals surface area (Å²) in [6, 6.07) is 0. The van der Waals surface area contributed by atoms with Crippen molar-refractivity contribution in [3.05, 3.63) is 12.2 Å². The molecule has 1 rings (SSSR count). The molecule has 0 radical (unpaired) electrons. The van der Waals surface area contributed by atoms with Crippen molar-refractivity contribution in [3.63, 3.8) is 0 Å². The van der Waals surface area contributed by atoms with Crippen LogP contribution in [0.2, 0.25) is 0 Å². The zero-order valence-electron chi connectivity index (χ0n) is 17.2. The highest BCUT2D eigenvalue weighted by Crippen LogP contribution is 2.30. The molecule has 1 saturated carbocycles. The molecular weight excluding hydrogens is 328 g/mol. The fourth-order valence-corrected chi connectivity index (χ4v) is 3.16. The second kappa shape index (κ2) is 24.0. The average molecular weight is 377 g/mol. The van der Waals surface area contributed by atoms with Crippen LogP contribution >= 0.6 is 11.6 Å². The van der Waals surface area contributed by atoms with E-state index in [-0.39, 0.29) is 13.5 Å². The smallest absolute Gasteiger partial charge is 0.0512 e. The van der Waals surface area contributed by atoms with Gasteiger partial charge in [-0.25, -0.2) is 0 Å². The van der Waals surface area contributed by atoms with E-state index in [4.69, 9.17) is 16.7 Å². The summed E-state index contributed by atoms with van der Waals surface area (Å²) < 4.78 is 0. The van der Waals surface area contributed by atoms with Gasteiger partial charge >= 0.3 is 0 Å². The van der Waals surface area contributed by atoms with Crippen molar-refractivity contribution >= 4 is 11.6 Å². The Morgan fingerprint density at radius 1 is 1.00 bits per heavy atom. The lowest BCUT2D eigenvalue weighted by Crippen LogP contribution is -1.97. The van der Waals surface area contributed by atoms with Gasteiger partial charge in [-0.15, -0.1) is 11.6 Å². The first-order valence-corrected chi connectivity index (χ1v) is 11.0. The standard InChI is InChI=1S/C13H23ClO.C7H16.C2H6.CH4/c1-11(15)6-4-2-3-5-7-12-8-9-13(14)10-12;1-3-5-7-6-4-2;1-2;/h5,7,11-13,15H,2-4,6,8-10H2,1H3;3-7H2,1-2H3;1-2H3;1H4/b7-5+;;;. The number of halogens is 1. The summed E-state index contributed by atoms with van der Waals surface area (Å²) >= 11 is 6.04. The maximum atomic E-state index is 9.08. The quantitative estimate of drug-likeness (QED) is 0.230. The Morgan fingerprint density at radius 2 is 1.60 bits per heavy atom. The molecule has 1 aliphatic carbocycles. The van der Waals surface area contributed by atoms with Gasteiger partial charge in [0.25, 0.3) is 0 Å². The minimum absolute atomic E-state index is 0. The normalized spacial score (nSPS) is 20.1. The fourth-order valence-electron chi connectivity index (χ4n) is 2.80. The van der Waals surface area contributed by atoms with Gasteiger partial charge in [0.15, 0.2) is 0 Å². The molecule has 1 aliphatic rings. The Bertz CT molecular complexity index is 246. The molecule has 0 spiro atoms. The van der Waals surface area contributed by atoms with Crippen molar-refractivity contribution in [1.82, 2.24) is 0 Å². The first kappa shape index (κ1) is 29.7. The molecule has 0 aromatic carbocycles. The van der Waals surface area contributed by atoms with Crippen LogP contribution in [0.5, 0.6) is 0 Å². The van der Waals surface area contributed by atoms with Crippen LogP contribution < -0.4 is 0 Å². The Hall–Kier alpha value is -0.0100. The van der Waals surface area contributed by atoms with Crippen LogP contribution in [0.4, 0.5) is 0 Å². The molecular formula is C23H49ClO. The van der Waals surface area contributed by atoms with Crippen LogP contribution in [0.15, 0.2) is 12.2 Å². The maximum absolute atomic E-state index is 9.08. The minimum atomic E-state index is -0.138. The number of unbranched alkanes of at least 4 members (excludes halogenated alkanes) is 6. The number of aliphatic hydroxyl groups excluding tert-OH is 1. The van der Waals surface area contributed by atoms with Crippen LogP contribution in [-0.4, -0.2) is 16.6 Å². The zero-order chi connectivity index (χ0) is 18.6. The molecule has 154 valence electrons. The number of alkyl halides is 1. The number of hydrogen-bond acceptors (Lipinski definition) is 1. The van der Waals surface area contributed by atoms with Gasteiger partial charge in [-0.3, -0.25) is 0 Å². The lowest BCUT2D eigenvalue weighted by molar-refractivity contribution is 0.181.